The van der Waals surface area contributed by atoms with Crippen LogP contribution in [0.5, 0.6) is 11.5 Å². The molecule has 1 aliphatic heterocycles. The smallest absolute Gasteiger partial charge is 0.161 e. The molecule has 1 aromatic carbocycles. The molecule has 2 aliphatic rings. The zero-order valence-electron chi connectivity index (χ0n) is 12.1. The van der Waals surface area contributed by atoms with E-state index in [1.54, 1.807) is 7.11 Å². The number of oxime groups is 1. The molecule has 108 valence electrons. The lowest BCUT2D eigenvalue weighted by Gasteiger charge is -2.34. The number of rotatable bonds is 5. The number of nitrogens with zero attached hydrogens (tertiary/aromatic N) is 1. The van der Waals surface area contributed by atoms with Gasteiger partial charge in [-0.1, -0.05) is 12.1 Å². The molecular weight excluding hydrogens is 254 g/mol. The maximum Gasteiger partial charge on any atom is 0.161 e. The van der Waals surface area contributed by atoms with Crippen molar-refractivity contribution in [2.45, 2.75) is 44.6 Å². The van der Waals surface area contributed by atoms with Gasteiger partial charge < -0.3 is 14.3 Å². The van der Waals surface area contributed by atoms with Crippen molar-refractivity contribution in [1.82, 2.24) is 0 Å². The fraction of sp³-hybridized carbons (Fsp3) is 0.562. The molecule has 0 saturated heterocycles. The summed E-state index contributed by atoms with van der Waals surface area (Å²) in [5.41, 5.74) is 2.09. The van der Waals surface area contributed by atoms with E-state index in [9.17, 15) is 0 Å². The second-order valence-corrected chi connectivity index (χ2v) is 5.56. The van der Waals surface area contributed by atoms with E-state index in [-0.39, 0.29) is 5.60 Å². The Balaban J connectivity index is 1.79. The summed E-state index contributed by atoms with van der Waals surface area (Å²) in [6.07, 6.45) is 5.37. The van der Waals surface area contributed by atoms with Crippen LogP contribution in [0.25, 0.3) is 0 Å². The van der Waals surface area contributed by atoms with Crippen LogP contribution in [-0.2, 0) is 4.84 Å². The van der Waals surface area contributed by atoms with Gasteiger partial charge in [0.15, 0.2) is 11.5 Å². The van der Waals surface area contributed by atoms with Crippen LogP contribution in [0.4, 0.5) is 0 Å². The van der Waals surface area contributed by atoms with Crippen LogP contribution in [0.1, 0.15) is 44.6 Å². The summed E-state index contributed by atoms with van der Waals surface area (Å²) in [5.74, 6) is 1.55. The average molecular weight is 275 g/mol. The lowest BCUT2D eigenvalue weighted by atomic mass is 9.76. The Kier molecular flexibility index (Phi) is 3.55. The van der Waals surface area contributed by atoms with Gasteiger partial charge in [-0.05, 0) is 43.9 Å². The van der Waals surface area contributed by atoms with E-state index in [1.165, 1.54) is 6.42 Å². The maximum atomic E-state index is 5.75. The summed E-state index contributed by atoms with van der Waals surface area (Å²) < 4.78 is 11.1. The normalized spacial score (nSPS) is 19.2. The number of benzene rings is 1. The third-order valence-electron chi connectivity index (χ3n) is 4.06. The molecule has 0 amide bonds. The van der Waals surface area contributed by atoms with Gasteiger partial charge in [0.1, 0.15) is 5.60 Å². The fourth-order valence-electron chi connectivity index (χ4n) is 2.70. The second kappa shape index (κ2) is 5.35. The molecule has 0 unspecified atom stereocenters. The van der Waals surface area contributed by atoms with Gasteiger partial charge in [-0.2, -0.15) is 0 Å². The molecule has 0 N–H and O–H groups in total. The highest BCUT2D eigenvalue weighted by atomic mass is 16.7. The van der Waals surface area contributed by atoms with Crippen molar-refractivity contribution < 1.29 is 14.3 Å². The van der Waals surface area contributed by atoms with Gasteiger partial charge in [0.05, 0.1) is 19.4 Å². The van der Waals surface area contributed by atoms with E-state index >= 15 is 0 Å². The summed E-state index contributed by atoms with van der Waals surface area (Å²) in [4.78, 5) is 5.64. The lowest BCUT2D eigenvalue weighted by Crippen LogP contribution is -2.36. The van der Waals surface area contributed by atoms with Crippen LogP contribution >= 0.6 is 0 Å². The van der Waals surface area contributed by atoms with E-state index in [0.717, 1.165) is 48.5 Å². The number of hydrogen-bond donors (Lipinski definition) is 0. The Bertz CT molecular complexity index is 520. The summed E-state index contributed by atoms with van der Waals surface area (Å²) in [6, 6.07) is 5.97. The first kappa shape index (κ1) is 13.3. The molecule has 1 saturated carbocycles. The molecule has 0 bridgehead atoms. The Morgan fingerprint density at radius 1 is 1.30 bits per heavy atom. The van der Waals surface area contributed by atoms with E-state index in [0.29, 0.717) is 6.61 Å². The summed E-state index contributed by atoms with van der Waals surface area (Å²) in [5, 5.41) is 4.28. The predicted octanol–water partition coefficient (Wildman–Crippen LogP) is 3.53. The molecule has 1 aliphatic carbocycles. The highest BCUT2D eigenvalue weighted by Crippen LogP contribution is 2.43. The maximum absolute atomic E-state index is 5.75. The van der Waals surface area contributed by atoms with Gasteiger partial charge in [-0.15, -0.1) is 0 Å². The highest BCUT2D eigenvalue weighted by molar-refractivity contribution is 6.02. The first-order valence-electron chi connectivity index (χ1n) is 7.32. The first-order chi connectivity index (χ1) is 9.76. The Morgan fingerprint density at radius 3 is 2.75 bits per heavy atom. The van der Waals surface area contributed by atoms with Gasteiger partial charge in [0.2, 0.25) is 0 Å². The van der Waals surface area contributed by atoms with Crippen molar-refractivity contribution >= 4 is 5.71 Å². The average Bonchev–Trinajstić information content (AvgIpc) is 2.90. The molecule has 20 heavy (non-hydrogen) atoms. The van der Waals surface area contributed by atoms with Crippen molar-refractivity contribution in [3.63, 3.8) is 0 Å². The minimum atomic E-state index is -0.000298. The minimum Gasteiger partial charge on any atom is -0.493 e. The topological polar surface area (TPSA) is 40.0 Å². The summed E-state index contributed by atoms with van der Waals surface area (Å²) in [6.45, 7) is 2.78. The van der Waals surface area contributed by atoms with E-state index < -0.39 is 0 Å². The predicted molar refractivity (Wildman–Crippen MR) is 77.6 cm³/mol. The van der Waals surface area contributed by atoms with Crippen molar-refractivity contribution in [3.05, 3.63) is 23.8 Å². The molecule has 0 atom stereocenters. The quantitative estimate of drug-likeness (QED) is 0.825. The molecule has 0 aromatic heterocycles. The highest BCUT2D eigenvalue weighted by Gasteiger charge is 2.44. The second-order valence-electron chi connectivity index (χ2n) is 5.56. The van der Waals surface area contributed by atoms with E-state index in [1.807, 2.05) is 18.2 Å². The van der Waals surface area contributed by atoms with Crippen molar-refractivity contribution in [3.8, 4) is 11.5 Å². The monoisotopic (exact) mass is 275 g/mol. The van der Waals surface area contributed by atoms with Gasteiger partial charge >= 0.3 is 0 Å². The van der Waals surface area contributed by atoms with Crippen molar-refractivity contribution in [2.75, 3.05) is 13.7 Å². The van der Waals surface area contributed by atoms with Crippen LogP contribution in [0.2, 0.25) is 0 Å². The van der Waals surface area contributed by atoms with Crippen LogP contribution in [0.3, 0.4) is 0 Å². The van der Waals surface area contributed by atoms with E-state index in [2.05, 4.69) is 12.1 Å². The first-order valence-corrected chi connectivity index (χ1v) is 7.32. The Labute approximate surface area is 119 Å². The van der Waals surface area contributed by atoms with Crippen LogP contribution in [-0.4, -0.2) is 25.0 Å². The number of methoxy groups -OCH3 is 1. The van der Waals surface area contributed by atoms with Crippen LogP contribution in [0, 0.1) is 0 Å². The molecule has 1 heterocycles. The van der Waals surface area contributed by atoms with Gasteiger partial charge in [-0.3, -0.25) is 0 Å². The molecule has 0 radical (unpaired) electrons. The standard InChI is InChI=1S/C16H21NO3/c1-3-9-19-15-10-12(5-6-14(15)18-2)13-11-16(20-17-13)7-4-8-16/h5-6,10H,3-4,7-9,11H2,1-2H3. The zero-order valence-corrected chi connectivity index (χ0v) is 12.1. The molecular formula is C16H21NO3. The SMILES string of the molecule is CCCOc1cc(C2=NOC3(CCC3)C2)ccc1OC. The Hall–Kier alpha value is -1.71. The van der Waals surface area contributed by atoms with Crippen molar-refractivity contribution in [2.24, 2.45) is 5.16 Å². The number of ether oxygens (including phenoxy) is 2. The summed E-state index contributed by atoms with van der Waals surface area (Å²) >= 11 is 0. The fourth-order valence-corrected chi connectivity index (χ4v) is 2.70. The zero-order chi connectivity index (χ0) is 14.0. The van der Waals surface area contributed by atoms with Gasteiger partial charge in [0, 0.05) is 12.0 Å². The molecule has 4 nitrogen and oxygen atoms in total. The van der Waals surface area contributed by atoms with Gasteiger partial charge in [-0.25, -0.2) is 0 Å². The van der Waals surface area contributed by atoms with Crippen molar-refractivity contribution in [1.29, 1.82) is 0 Å². The summed E-state index contributed by atoms with van der Waals surface area (Å²) in [7, 11) is 1.66. The molecule has 1 spiro atoms. The van der Waals surface area contributed by atoms with Gasteiger partial charge in [0.25, 0.3) is 0 Å². The van der Waals surface area contributed by atoms with E-state index in [4.69, 9.17) is 14.3 Å². The van der Waals surface area contributed by atoms with Crippen LogP contribution < -0.4 is 9.47 Å². The largest absolute Gasteiger partial charge is 0.493 e. The third kappa shape index (κ3) is 2.35. The van der Waals surface area contributed by atoms with Crippen LogP contribution in [0.15, 0.2) is 23.4 Å². The minimum absolute atomic E-state index is 0.000298. The molecule has 1 aromatic rings. The molecule has 4 heteroatoms. The number of hydrogen-bond acceptors (Lipinski definition) is 4. The molecule has 1 fully saturated rings. The Morgan fingerprint density at radius 2 is 2.15 bits per heavy atom. The lowest BCUT2D eigenvalue weighted by molar-refractivity contribution is -0.0755. The molecule has 3 rings (SSSR count). The third-order valence-corrected chi connectivity index (χ3v) is 4.06.